The number of halogens is 1. The number of sulfonamides is 1. The van der Waals surface area contributed by atoms with Crippen LogP contribution in [-0.4, -0.2) is 40.7 Å². The van der Waals surface area contributed by atoms with Crippen LogP contribution in [0.4, 0.5) is 16.3 Å². The van der Waals surface area contributed by atoms with E-state index < -0.39 is 22.2 Å². The van der Waals surface area contributed by atoms with Gasteiger partial charge in [0, 0.05) is 30.1 Å². The molecule has 0 spiro atoms. The largest absolute Gasteiger partial charge is 0.441 e. The van der Waals surface area contributed by atoms with Gasteiger partial charge < -0.3 is 4.74 Å². The summed E-state index contributed by atoms with van der Waals surface area (Å²) in [6, 6.07) is 9.90. The molecule has 0 bridgehead atoms. The van der Waals surface area contributed by atoms with E-state index >= 15 is 0 Å². The minimum atomic E-state index is -3.38. The van der Waals surface area contributed by atoms with E-state index in [4.69, 9.17) is 16.3 Å². The van der Waals surface area contributed by atoms with Gasteiger partial charge in [0.25, 0.3) is 0 Å². The third-order valence-corrected chi connectivity index (χ3v) is 4.94. The first kappa shape index (κ1) is 21.5. The van der Waals surface area contributed by atoms with E-state index in [1.807, 2.05) is 0 Å². The molecule has 2 heterocycles. The molecule has 0 aliphatic rings. The van der Waals surface area contributed by atoms with Gasteiger partial charge in [-0.25, -0.2) is 22.9 Å². The van der Waals surface area contributed by atoms with Gasteiger partial charge in [0.05, 0.1) is 6.26 Å². The Morgan fingerprint density at radius 2 is 1.93 bits per heavy atom. The molecule has 2 aromatic heterocycles. The molecule has 0 aliphatic heterocycles. The number of nitrogens with zero attached hydrogens (tertiary/aromatic N) is 4. The van der Waals surface area contributed by atoms with Crippen LogP contribution >= 0.6 is 11.6 Å². The van der Waals surface area contributed by atoms with E-state index in [9.17, 15) is 13.2 Å². The second-order valence-corrected chi connectivity index (χ2v) is 8.52. The molecular weight excluding hydrogens is 432 g/mol. The van der Waals surface area contributed by atoms with Crippen LogP contribution in [0, 0.1) is 0 Å². The Kier molecular flexibility index (Phi) is 6.22. The zero-order valence-electron chi connectivity index (χ0n) is 16.3. The van der Waals surface area contributed by atoms with Crippen molar-refractivity contribution in [3.8, 4) is 11.3 Å². The van der Waals surface area contributed by atoms with Gasteiger partial charge in [-0.15, -0.1) is 5.10 Å². The first-order valence-corrected chi connectivity index (χ1v) is 11.0. The quantitative estimate of drug-likeness (QED) is 0.551. The number of anilines is 2. The highest BCUT2D eigenvalue weighted by molar-refractivity contribution is 7.92. The molecule has 0 saturated carbocycles. The number of amides is 1. The zero-order chi connectivity index (χ0) is 21.9. The molecule has 30 heavy (non-hydrogen) atoms. The molecule has 0 saturated heterocycles. The second-order valence-electron chi connectivity index (χ2n) is 6.42. The third-order valence-electron chi connectivity index (χ3n) is 4.02. The van der Waals surface area contributed by atoms with E-state index in [2.05, 4.69) is 25.3 Å². The highest BCUT2D eigenvalue weighted by Crippen LogP contribution is 2.28. The van der Waals surface area contributed by atoms with Crippen molar-refractivity contribution in [1.29, 1.82) is 0 Å². The topological polar surface area (TPSA) is 128 Å². The average molecular weight is 451 g/mol. The zero-order valence-corrected chi connectivity index (χ0v) is 17.9. The molecule has 158 valence electrons. The highest BCUT2D eigenvalue weighted by Gasteiger charge is 2.19. The van der Waals surface area contributed by atoms with Crippen LogP contribution in [-0.2, 0) is 21.8 Å². The smallest absolute Gasteiger partial charge is 0.413 e. The second kappa shape index (κ2) is 8.67. The van der Waals surface area contributed by atoms with E-state index in [1.54, 1.807) is 56.6 Å². The van der Waals surface area contributed by atoms with Crippen LogP contribution in [0.5, 0.6) is 0 Å². The van der Waals surface area contributed by atoms with Crippen LogP contribution in [0.25, 0.3) is 11.3 Å². The third kappa shape index (κ3) is 5.24. The number of carbonyl (C=O) groups excluding carboxylic acids is 1. The van der Waals surface area contributed by atoms with Gasteiger partial charge >= 0.3 is 6.09 Å². The monoisotopic (exact) mass is 450 g/mol. The summed E-state index contributed by atoms with van der Waals surface area (Å²) < 4.78 is 31.8. The maximum absolute atomic E-state index is 12.4. The average Bonchev–Trinajstić information content (AvgIpc) is 3.02. The van der Waals surface area contributed by atoms with Gasteiger partial charge in [0.15, 0.2) is 5.82 Å². The summed E-state index contributed by atoms with van der Waals surface area (Å²) in [5, 5.41) is 10.9. The van der Waals surface area contributed by atoms with Crippen molar-refractivity contribution < 1.29 is 17.9 Å². The standard InChI is InChI=1S/C18H19ClN6O4S/c1-11(14-5-4-10-20-16(14)19)29-18(26)21-17-15(22-24-25(17)2)12-6-8-13(9-7-12)23-30(3,27)28/h4-11,23H,1-3H3,(H,21,26)/t11-/m1/s1. The molecule has 0 radical (unpaired) electrons. The Bertz CT molecular complexity index is 1160. The molecule has 10 nitrogen and oxygen atoms in total. The van der Waals surface area contributed by atoms with Gasteiger partial charge in [0.1, 0.15) is 17.0 Å². The molecule has 0 unspecified atom stereocenters. The minimum Gasteiger partial charge on any atom is -0.441 e. The van der Waals surface area contributed by atoms with Crippen molar-refractivity contribution in [3.05, 3.63) is 53.3 Å². The van der Waals surface area contributed by atoms with E-state index in [1.165, 1.54) is 4.68 Å². The maximum Gasteiger partial charge on any atom is 0.413 e. The van der Waals surface area contributed by atoms with Crippen molar-refractivity contribution in [1.82, 2.24) is 20.0 Å². The lowest BCUT2D eigenvalue weighted by atomic mass is 10.1. The van der Waals surface area contributed by atoms with E-state index in [-0.39, 0.29) is 5.15 Å². The first-order chi connectivity index (χ1) is 14.1. The van der Waals surface area contributed by atoms with E-state index in [0.29, 0.717) is 28.3 Å². The van der Waals surface area contributed by atoms with Crippen molar-refractivity contribution in [2.24, 2.45) is 7.05 Å². The van der Waals surface area contributed by atoms with Crippen molar-refractivity contribution >= 4 is 39.2 Å². The Morgan fingerprint density at radius 3 is 2.57 bits per heavy atom. The number of aryl methyl sites for hydroxylation is 1. The summed E-state index contributed by atoms with van der Waals surface area (Å²) in [6.07, 6.45) is 1.27. The van der Waals surface area contributed by atoms with Crippen LogP contribution in [0.2, 0.25) is 5.15 Å². The predicted molar refractivity (Wildman–Crippen MR) is 113 cm³/mol. The van der Waals surface area contributed by atoms with Gasteiger partial charge in [0.2, 0.25) is 10.0 Å². The summed E-state index contributed by atoms with van der Waals surface area (Å²) in [6.45, 7) is 1.68. The Hall–Kier alpha value is -3.18. The van der Waals surface area contributed by atoms with Gasteiger partial charge in [-0.1, -0.05) is 35.0 Å². The number of hydrogen-bond donors (Lipinski definition) is 2. The first-order valence-electron chi connectivity index (χ1n) is 8.70. The summed E-state index contributed by atoms with van der Waals surface area (Å²) >= 11 is 6.04. The van der Waals surface area contributed by atoms with Crippen LogP contribution in [0.3, 0.4) is 0 Å². The van der Waals surface area contributed by atoms with Crippen molar-refractivity contribution in [2.75, 3.05) is 16.3 Å². The fourth-order valence-electron chi connectivity index (χ4n) is 2.65. The Morgan fingerprint density at radius 1 is 1.23 bits per heavy atom. The summed E-state index contributed by atoms with van der Waals surface area (Å²) in [5.74, 6) is 0.313. The van der Waals surface area contributed by atoms with Crippen molar-refractivity contribution in [2.45, 2.75) is 13.0 Å². The number of ether oxygens (including phenoxy) is 1. The Labute approximate surface area is 178 Å². The number of pyridine rings is 1. The number of nitrogens with one attached hydrogen (secondary N) is 2. The van der Waals surface area contributed by atoms with Gasteiger partial charge in [-0.3, -0.25) is 10.0 Å². The fourth-order valence-corrected chi connectivity index (χ4v) is 3.49. The maximum atomic E-state index is 12.4. The van der Waals surface area contributed by atoms with Crippen LogP contribution in [0.1, 0.15) is 18.6 Å². The molecule has 1 atom stereocenters. The number of carbonyl (C=O) groups is 1. The van der Waals surface area contributed by atoms with Gasteiger partial charge in [-0.05, 0) is 25.1 Å². The number of rotatable bonds is 6. The molecule has 0 fully saturated rings. The molecule has 3 aromatic rings. The van der Waals surface area contributed by atoms with Crippen molar-refractivity contribution in [3.63, 3.8) is 0 Å². The lowest BCUT2D eigenvalue weighted by molar-refractivity contribution is 0.121. The SMILES string of the molecule is C[C@@H](OC(=O)Nc1c(-c2ccc(NS(C)(=O)=O)cc2)nnn1C)c1cccnc1Cl. The summed E-state index contributed by atoms with van der Waals surface area (Å²) in [4.78, 5) is 16.4. The molecular formula is C18H19ClN6O4S. The molecule has 0 aliphatic carbocycles. The summed E-state index contributed by atoms with van der Waals surface area (Å²) in [7, 11) is -1.76. The predicted octanol–water partition coefficient (Wildman–Crippen LogP) is 3.21. The lowest BCUT2D eigenvalue weighted by Gasteiger charge is -2.15. The highest BCUT2D eigenvalue weighted by atomic mass is 35.5. The minimum absolute atomic E-state index is 0.253. The number of aromatic nitrogens is 4. The molecule has 2 N–H and O–H groups in total. The normalized spacial score (nSPS) is 12.3. The van der Waals surface area contributed by atoms with Gasteiger partial charge in [-0.2, -0.15) is 0 Å². The van der Waals surface area contributed by atoms with E-state index in [0.717, 1.165) is 6.26 Å². The molecule has 12 heteroatoms. The molecule has 1 amide bonds. The summed E-state index contributed by atoms with van der Waals surface area (Å²) in [5.41, 5.74) is 2.00. The number of benzene rings is 1. The molecule has 1 aromatic carbocycles. The van der Waals surface area contributed by atoms with Crippen LogP contribution in [0.15, 0.2) is 42.6 Å². The fraction of sp³-hybridized carbons (Fsp3) is 0.222. The van der Waals surface area contributed by atoms with Crippen LogP contribution < -0.4 is 10.0 Å². The Balaban J connectivity index is 1.76. The lowest BCUT2D eigenvalue weighted by Crippen LogP contribution is -2.18. The molecule has 3 rings (SSSR count). The number of hydrogen-bond acceptors (Lipinski definition) is 7.